The van der Waals surface area contributed by atoms with Gasteiger partial charge in [0.05, 0.1) is 6.54 Å². The molecule has 1 amide bonds. The predicted molar refractivity (Wildman–Crippen MR) is 85.7 cm³/mol. The molecule has 0 unspecified atom stereocenters. The molecule has 0 aliphatic rings. The van der Waals surface area contributed by atoms with Gasteiger partial charge in [-0.05, 0) is 48.9 Å². The maximum absolute atomic E-state index is 12.7. The molecule has 0 radical (unpaired) electrons. The lowest BCUT2D eigenvalue weighted by atomic mass is 10.1. The lowest BCUT2D eigenvalue weighted by molar-refractivity contribution is -0.115. The molecule has 0 spiro atoms. The molecule has 0 bridgehead atoms. The number of carbonyl (C=O) groups excluding carboxylic acids is 1. The fourth-order valence-corrected chi connectivity index (χ4v) is 2.26. The first-order valence-electron chi connectivity index (χ1n) is 6.64. The third kappa shape index (κ3) is 5.65. The van der Waals surface area contributed by atoms with Gasteiger partial charge in [0.25, 0.3) is 0 Å². The van der Waals surface area contributed by atoms with E-state index in [1.165, 1.54) is 12.1 Å². The van der Waals surface area contributed by atoms with Crippen LogP contribution in [0.15, 0.2) is 53.0 Å². The fourth-order valence-electron chi connectivity index (χ4n) is 1.86. The molecular formula is C16H16BrFN2O. The van der Waals surface area contributed by atoms with Gasteiger partial charge in [0.15, 0.2) is 0 Å². The van der Waals surface area contributed by atoms with Crippen LogP contribution in [-0.2, 0) is 11.2 Å². The van der Waals surface area contributed by atoms with Crippen molar-refractivity contribution in [3.8, 4) is 0 Å². The Morgan fingerprint density at radius 3 is 2.62 bits per heavy atom. The third-order valence-electron chi connectivity index (χ3n) is 2.90. The monoisotopic (exact) mass is 350 g/mol. The zero-order valence-corrected chi connectivity index (χ0v) is 13.0. The van der Waals surface area contributed by atoms with Crippen LogP contribution in [0.1, 0.15) is 5.56 Å². The van der Waals surface area contributed by atoms with Crippen molar-refractivity contribution >= 4 is 27.5 Å². The van der Waals surface area contributed by atoms with E-state index in [0.717, 1.165) is 22.1 Å². The van der Waals surface area contributed by atoms with Crippen LogP contribution in [0.2, 0.25) is 0 Å². The van der Waals surface area contributed by atoms with Crippen LogP contribution < -0.4 is 10.6 Å². The summed E-state index contributed by atoms with van der Waals surface area (Å²) in [6, 6.07) is 13.8. The average Bonchev–Trinajstić information content (AvgIpc) is 2.45. The summed E-state index contributed by atoms with van der Waals surface area (Å²) in [5.41, 5.74) is 1.80. The highest BCUT2D eigenvalue weighted by atomic mass is 79.9. The maximum atomic E-state index is 12.7. The molecule has 110 valence electrons. The number of rotatable bonds is 6. The smallest absolute Gasteiger partial charge is 0.238 e. The first kappa shape index (κ1) is 15.7. The van der Waals surface area contributed by atoms with Gasteiger partial charge in [-0.1, -0.05) is 34.1 Å². The summed E-state index contributed by atoms with van der Waals surface area (Å²) in [4.78, 5) is 11.7. The topological polar surface area (TPSA) is 41.1 Å². The van der Waals surface area contributed by atoms with Gasteiger partial charge in [-0.2, -0.15) is 0 Å². The molecule has 0 aromatic heterocycles. The Morgan fingerprint density at radius 2 is 1.90 bits per heavy atom. The van der Waals surface area contributed by atoms with E-state index >= 15 is 0 Å². The molecule has 0 saturated heterocycles. The molecule has 0 aliphatic heterocycles. The number of nitrogens with one attached hydrogen (secondary N) is 2. The van der Waals surface area contributed by atoms with Crippen LogP contribution in [0.5, 0.6) is 0 Å². The van der Waals surface area contributed by atoms with Gasteiger partial charge in [0.2, 0.25) is 5.91 Å². The van der Waals surface area contributed by atoms with E-state index in [9.17, 15) is 9.18 Å². The number of hydrogen-bond donors (Lipinski definition) is 2. The minimum atomic E-state index is -0.236. The molecule has 2 rings (SSSR count). The van der Waals surface area contributed by atoms with Crippen LogP contribution in [0, 0.1) is 5.82 Å². The van der Waals surface area contributed by atoms with Gasteiger partial charge in [0.1, 0.15) is 5.82 Å². The summed E-state index contributed by atoms with van der Waals surface area (Å²) in [6.45, 7) is 0.908. The molecule has 2 aromatic carbocycles. The number of benzene rings is 2. The zero-order valence-electron chi connectivity index (χ0n) is 11.4. The van der Waals surface area contributed by atoms with Gasteiger partial charge in [-0.25, -0.2) is 4.39 Å². The Bertz CT molecular complexity index is 601. The number of halogens is 2. The van der Waals surface area contributed by atoms with Crippen LogP contribution >= 0.6 is 15.9 Å². The van der Waals surface area contributed by atoms with E-state index in [2.05, 4.69) is 26.6 Å². The van der Waals surface area contributed by atoms with Gasteiger partial charge >= 0.3 is 0 Å². The molecule has 0 aliphatic carbocycles. The molecule has 3 nitrogen and oxygen atoms in total. The molecule has 0 atom stereocenters. The van der Waals surface area contributed by atoms with Crippen LogP contribution in [-0.4, -0.2) is 19.0 Å². The van der Waals surface area contributed by atoms with Crippen LogP contribution in [0.25, 0.3) is 0 Å². The normalized spacial score (nSPS) is 10.4. The lowest BCUT2D eigenvalue weighted by Gasteiger charge is -2.07. The highest BCUT2D eigenvalue weighted by Crippen LogP contribution is 2.15. The quantitative estimate of drug-likeness (QED) is 0.784. The summed E-state index contributed by atoms with van der Waals surface area (Å²) in [6.07, 6.45) is 0.754. The van der Waals surface area contributed by atoms with Crippen molar-refractivity contribution in [3.05, 3.63) is 64.4 Å². The van der Waals surface area contributed by atoms with Crippen molar-refractivity contribution in [1.29, 1.82) is 0 Å². The van der Waals surface area contributed by atoms with Gasteiger partial charge < -0.3 is 10.6 Å². The van der Waals surface area contributed by atoms with Crippen molar-refractivity contribution in [3.63, 3.8) is 0 Å². The van der Waals surface area contributed by atoms with Crippen molar-refractivity contribution in [2.75, 3.05) is 18.4 Å². The van der Waals surface area contributed by atoms with Crippen molar-refractivity contribution in [1.82, 2.24) is 5.32 Å². The number of carbonyl (C=O) groups is 1. The Labute approximate surface area is 131 Å². The molecule has 0 heterocycles. The van der Waals surface area contributed by atoms with Crippen LogP contribution in [0.4, 0.5) is 10.1 Å². The SMILES string of the molecule is O=C(CNCCc1ccc(F)cc1)Nc1cccc(Br)c1. The summed E-state index contributed by atoms with van der Waals surface area (Å²) in [7, 11) is 0. The summed E-state index contributed by atoms with van der Waals surface area (Å²) >= 11 is 3.35. The number of amides is 1. The van der Waals surface area contributed by atoms with Gasteiger partial charge in [-0.3, -0.25) is 4.79 Å². The summed E-state index contributed by atoms with van der Waals surface area (Å²) < 4.78 is 13.7. The van der Waals surface area contributed by atoms with E-state index in [1.807, 2.05) is 24.3 Å². The van der Waals surface area contributed by atoms with E-state index in [1.54, 1.807) is 12.1 Å². The highest BCUT2D eigenvalue weighted by Gasteiger charge is 2.02. The Hall–Kier alpha value is -1.72. The van der Waals surface area contributed by atoms with Gasteiger partial charge in [-0.15, -0.1) is 0 Å². The number of hydrogen-bond acceptors (Lipinski definition) is 2. The first-order valence-corrected chi connectivity index (χ1v) is 7.43. The second-order valence-corrected chi connectivity index (χ2v) is 5.53. The molecule has 2 N–H and O–H groups in total. The third-order valence-corrected chi connectivity index (χ3v) is 3.39. The van der Waals surface area contributed by atoms with Crippen molar-refractivity contribution in [2.45, 2.75) is 6.42 Å². The highest BCUT2D eigenvalue weighted by molar-refractivity contribution is 9.10. The Balaban J connectivity index is 1.68. The average molecular weight is 351 g/mol. The Kier molecular flexibility index (Phi) is 5.90. The van der Waals surface area contributed by atoms with E-state index < -0.39 is 0 Å². The summed E-state index contributed by atoms with van der Waals surface area (Å²) in [5.74, 6) is -0.327. The second-order valence-electron chi connectivity index (χ2n) is 4.61. The van der Waals surface area contributed by atoms with Crippen molar-refractivity contribution < 1.29 is 9.18 Å². The second kappa shape index (κ2) is 7.90. The van der Waals surface area contributed by atoms with Gasteiger partial charge in [0, 0.05) is 10.2 Å². The largest absolute Gasteiger partial charge is 0.325 e. The maximum Gasteiger partial charge on any atom is 0.238 e. The molecule has 0 fully saturated rings. The van der Waals surface area contributed by atoms with Crippen LogP contribution in [0.3, 0.4) is 0 Å². The number of anilines is 1. The lowest BCUT2D eigenvalue weighted by Crippen LogP contribution is -2.29. The minimum absolute atomic E-state index is 0.0905. The molecule has 0 saturated carbocycles. The fraction of sp³-hybridized carbons (Fsp3) is 0.188. The Morgan fingerprint density at radius 1 is 1.14 bits per heavy atom. The predicted octanol–water partition coefficient (Wildman–Crippen LogP) is 3.36. The van der Waals surface area contributed by atoms with E-state index in [0.29, 0.717) is 6.54 Å². The molecule has 2 aromatic rings. The zero-order chi connectivity index (χ0) is 15.1. The van der Waals surface area contributed by atoms with E-state index in [4.69, 9.17) is 0 Å². The molecule has 21 heavy (non-hydrogen) atoms. The molecular weight excluding hydrogens is 335 g/mol. The standard InChI is InChI=1S/C16H16BrFN2O/c17-13-2-1-3-15(10-13)20-16(21)11-19-9-8-12-4-6-14(18)7-5-12/h1-7,10,19H,8-9,11H2,(H,20,21). The summed E-state index contributed by atoms with van der Waals surface area (Å²) in [5, 5.41) is 5.87. The minimum Gasteiger partial charge on any atom is -0.325 e. The molecule has 5 heteroatoms. The van der Waals surface area contributed by atoms with Crippen molar-refractivity contribution in [2.24, 2.45) is 0 Å². The first-order chi connectivity index (χ1) is 10.1. The van der Waals surface area contributed by atoms with E-state index in [-0.39, 0.29) is 18.3 Å².